The highest BCUT2D eigenvalue weighted by atomic mass is 35.5. The van der Waals surface area contributed by atoms with E-state index in [1.54, 1.807) is 4.68 Å². The number of rotatable bonds is 7. The summed E-state index contributed by atoms with van der Waals surface area (Å²) in [4.78, 5) is 0. The number of aliphatic hydroxyl groups excluding tert-OH is 1. The minimum atomic E-state index is 0.215. The Labute approximate surface area is 108 Å². The van der Waals surface area contributed by atoms with Gasteiger partial charge in [0.1, 0.15) is 5.15 Å². The van der Waals surface area contributed by atoms with Crippen molar-refractivity contribution in [2.24, 2.45) is 7.05 Å². The van der Waals surface area contributed by atoms with Crippen LogP contribution in [-0.2, 0) is 20.0 Å². The molecule has 0 bridgehead atoms. The van der Waals surface area contributed by atoms with E-state index in [0.717, 1.165) is 30.5 Å². The molecule has 0 aromatic carbocycles. The summed E-state index contributed by atoms with van der Waals surface area (Å²) in [5.74, 6) is 0. The molecule has 0 saturated heterocycles. The maximum absolute atomic E-state index is 8.94. The van der Waals surface area contributed by atoms with Gasteiger partial charge in [0.05, 0.1) is 5.69 Å². The minimum Gasteiger partial charge on any atom is -0.396 e. The standard InChI is InChI=1S/C12H22ClN3O/c1-4-9(6-7-17)14-8-10-11(5-2)15-16(3)12(10)13/h9,14,17H,4-8H2,1-3H3. The van der Waals surface area contributed by atoms with Gasteiger partial charge >= 0.3 is 0 Å². The highest BCUT2D eigenvalue weighted by molar-refractivity contribution is 6.30. The Bertz CT molecular complexity index is 352. The van der Waals surface area contributed by atoms with Crippen LogP contribution in [0.2, 0.25) is 5.15 Å². The third-order valence-corrected chi connectivity index (χ3v) is 3.50. The van der Waals surface area contributed by atoms with Crippen molar-refractivity contribution in [3.8, 4) is 0 Å². The molecule has 0 aliphatic rings. The summed E-state index contributed by atoms with van der Waals surface area (Å²) in [6.07, 6.45) is 2.66. The van der Waals surface area contributed by atoms with Crippen LogP contribution in [0.25, 0.3) is 0 Å². The maximum Gasteiger partial charge on any atom is 0.131 e. The van der Waals surface area contributed by atoms with Crippen LogP contribution >= 0.6 is 11.6 Å². The van der Waals surface area contributed by atoms with Crippen LogP contribution < -0.4 is 5.32 Å². The molecule has 1 unspecified atom stereocenters. The molecule has 1 heterocycles. The number of halogens is 1. The molecule has 17 heavy (non-hydrogen) atoms. The van der Waals surface area contributed by atoms with Crippen molar-refractivity contribution < 1.29 is 5.11 Å². The molecule has 0 fully saturated rings. The van der Waals surface area contributed by atoms with Crippen LogP contribution in [0.5, 0.6) is 0 Å². The molecule has 4 nitrogen and oxygen atoms in total. The van der Waals surface area contributed by atoms with Gasteiger partial charge in [-0.2, -0.15) is 5.10 Å². The topological polar surface area (TPSA) is 50.1 Å². The summed E-state index contributed by atoms with van der Waals surface area (Å²) < 4.78 is 1.71. The van der Waals surface area contributed by atoms with E-state index in [2.05, 4.69) is 24.3 Å². The molecule has 1 aromatic heterocycles. The van der Waals surface area contributed by atoms with Crippen molar-refractivity contribution in [3.05, 3.63) is 16.4 Å². The lowest BCUT2D eigenvalue weighted by atomic mass is 10.1. The first-order valence-corrected chi connectivity index (χ1v) is 6.56. The van der Waals surface area contributed by atoms with Crippen molar-refractivity contribution in [2.75, 3.05) is 6.61 Å². The van der Waals surface area contributed by atoms with Crippen molar-refractivity contribution >= 4 is 11.6 Å². The number of aromatic nitrogens is 2. The summed E-state index contributed by atoms with van der Waals surface area (Å²) in [6, 6.07) is 0.334. The zero-order chi connectivity index (χ0) is 12.8. The number of hydrogen-bond acceptors (Lipinski definition) is 3. The molecule has 0 aliphatic carbocycles. The fraction of sp³-hybridized carbons (Fsp3) is 0.750. The highest BCUT2D eigenvalue weighted by Gasteiger charge is 2.14. The van der Waals surface area contributed by atoms with Crippen molar-refractivity contribution in [2.45, 2.75) is 45.7 Å². The summed E-state index contributed by atoms with van der Waals surface area (Å²) in [5.41, 5.74) is 2.12. The van der Waals surface area contributed by atoms with Gasteiger partial charge < -0.3 is 10.4 Å². The third kappa shape index (κ3) is 3.69. The van der Waals surface area contributed by atoms with Crippen LogP contribution in [-0.4, -0.2) is 27.5 Å². The molecule has 0 saturated carbocycles. The van der Waals surface area contributed by atoms with Gasteiger partial charge in [0.2, 0.25) is 0 Å². The normalized spacial score (nSPS) is 13.0. The Kier molecular flexibility index (Phi) is 5.95. The van der Waals surface area contributed by atoms with Gasteiger partial charge in [0.15, 0.2) is 0 Å². The van der Waals surface area contributed by atoms with Crippen LogP contribution in [0.1, 0.15) is 37.9 Å². The fourth-order valence-electron chi connectivity index (χ4n) is 1.91. The van der Waals surface area contributed by atoms with Gasteiger partial charge in [-0.3, -0.25) is 4.68 Å². The largest absolute Gasteiger partial charge is 0.396 e. The average molecular weight is 260 g/mol. The van der Waals surface area contributed by atoms with Crippen LogP contribution in [0.4, 0.5) is 0 Å². The Morgan fingerprint density at radius 2 is 2.18 bits per heavy atom. The third-order valence-electron chi connectivity index (χ3n) is 3.02. The van der Waals surface area contributed by atoms with E-state index in [-0.39, 0.29) is 6.61 Å². The van der Waals surface area contributed by atoms with Gasteiger partial charge in [-0.25, -0.2) is 0 Å². The predicted octanol–water partition coefficient (Wildman–Crippen LogP) is 1.89. The Morgan fingerprint density at radius 3 is 2.71 bits per heavy atom. The maximum atomic E-state index is 8.94. The summed E-state index contributed by atoms with van der Waals surface area (Å²) in [6.45, 7) is 5.12. The number of aryl methyl sites for hydroxylation is 2. The molecule has 2 N–H and O–H groups in total. The van der Waals surface area contributed by atoms with E-state index < -0.39 is 0 Å². The van der Waals surface area contributed by atoms with Crippen molar-refractivity contribution in [1.29, 1.82) is 0 Å². The second-order valence-corrected chi connectivity index (χ2v) is 4.55. The zero-order valence-electron chi connectivity index (χ0n) is 10.8. The monoisotopic (exact) mass is 259 g/mol. The Balaban J connectivity index is 2.67. The summed E-state index contributed by atoms with van der Waals surface area (Å²) in [7, 11) is 1.86. The molecule has 0 amide bonds. The lowest BCUT2D eigenvalue weighted by Crippen LogP contribution is -2.29. The van der Waals surface area contributed by atoms with E-state index in [4.69, 9.17) is 16.7 Å². The number of aliphatic hydroxyl groups is 1. The van der Waals surface area contributed by atoms with Gasteiger partial charge in [0, 0.05) is 31.8 Å². The van der Waals surface area contributed by atoms with E-state index in [1.165, 1.54) is 0 Å². The second-order valence-electron chi connectivity index (χ2n) is 4.19. The lowest BCUT2D eigenvalue weighted by Gasteiger charge is -2.15. The first-order valence-electron chi connectivity index (χ1n) is 6.18. The molecule has 0 aliphatic heterocycles. The van der Waals surface area contributed by atoms with Crippen LogP contribution in [0, 0.1) is 0 Å². The average Bonchev–Trinajstić information content (AvgIpc) is 2.61. The molecule has 1 rings (SSSR count). The molecule has 0 spiro atoms. The molecule has 98 valence electrons. The molecular formula is C12H22ClN3O. The van der Waals surface area contributed by atoms with E-state index in [9.17, 15) is 0 Å². The highest BCUT2D eigenvalue weighted by Crippen LogP contribution is 2.19. The number of nitrogens with one attached hydrogen (secondary N) is 1. The lowest BCUT2D eigenvalue weighted by molar-refractivity contribution is 0.262. The predicted molar refractivity (Wildman–Crippen MR) is 70.2 cm³/mol. The van der Waals surface area contributed by atoms with Crippen molar-refractivity contribution in [3.63, 3.8) is 0 Å². The van der Waals surface area contributed by atoms with Crippen molar-refractivity contribution in [1.82, 2.24) is 15.1 Å². The smallest absolute Gasteiger partial charge is 0.131 e. The van der Waals surface area contributed by atoms with E-state index in [0.29, 0.717) is 17.7 Å². The summed E-state index contributed by atoms with van der Waals surface area (Å²) in [5, 5.41) is 17.4. The van der Waals surface area contributed by atoms with Gasteiger partial charge in [-0.05, 0) is 19.3 Å². The molecule has 1 atom stereocenters. The Hall–Kier alpha value is -0.580. The second kappa shape index (κ2) is 6.99. The van der Waals surface area contributed by atoms with Gasteiger partial charge in [0.25, 0.3) is 0 Å². The van der Waals surface area contributed by atoms with E-state index in [1.807, 2.05) is 7.05 Å². The SMILES string of the molecule is CCc1nn(C)c(Cl)c1CNC(CC)CCO. The molecule has 5 heteroatoms. The number of hydrogen-bond donors (Lipinski definition) is 2. The zero-order valence-corrected chi connectivity index (χ0v) is 11.6. The van der Waals surface area contributed by atoms with E-state index >= 15 is 0 Å². The first kappa shape index (κ1) is 14.5. The summed E-state index contributed by atoms with van der Waals surface area (Å²) >= 11 is 6.21. The molecule has 0 radical (unpaired) electrons. The fourth-order valence-corrected chi connectivity index (χ4v) is 2.13. The van der Waals surface area contributed by atoms with Gasteiger partial charge in [-0.1, -0.05) is 25.4 Å². The van der Waals surface area contributed by atoms with Crippen LogP contribution in [0.15, 0.2) is 0 Å². The molecule has 1 aromatic rings. The quantitative estimate of drug-likeness (QED) is 0.786. The van der Waals surface area contributed by atoms with Crippen LogP contribution in [0.3, 0.4) is 0 Å². The molecular weight excluding hydrogens is 238 g/mol. The Morgan fingerprint density at radius 1 is 1.47 bits per heavy atom. The van der Waals surface area contributed by atoms with Gasteiger partial charge in [-0.15, -0.1) is 0 Å². The number of nitrogens with zero attached hydrogens (tertiary/aromatic N) is 2. The minimum absolute atomic E-state index is 0.215. The first-order chi connectivity index (χ1) is 8.13.